The molecule has 0 aliphatic carbocycles. The average molecular weight is 490 g/mol. The quantitative estimate of drug-likeness (QED) is 0.384. The molecular formula is C21H17ClFN5O4S. The molecule has 0 bridgehead atoms. The molecule has 0 saturated carbocycles. The van der Waals surface area contributed by atoms with Gasteiger partial charge in [0.15, 0.2) is 0 Å². The van der Waals surface area contributed by atoms with E-state index in [1.165, 1.54) is 28.9 Å². The highest BCUT2D eigenvalue weighted by atomic mass is 35.5. The maximum Gasteiger partial charge on any atom is 0.282 e. The van der Waals surface area contributed by atoms with Crippen molar-refractivity contribution >= 4 is 46.7 Å². The van der Waals surface area contributed by atoms with E-state index in [9.17, 15) is 24.1 Å². The first-order valence-corrected chi connectivity index (χ1v) is 11.3. The summed E-state index contributed by atoms with van der Waals surface area (Å²) in [5.74, 6) is 0.0640. The first kappa shape index (κ1) is 22.7. The SMILES string of the molecule is O=C(Cn1nc2c(c1NC(=O)c1cc(Cl)ccc1[N+](=O)[O-])CSC2)NCc1ccc(F)cc1. The number of benzene rings is 2. The number of nitrogens with zero attached hydrogens (tertiary/aromatic N) is 3. The molecule has 12 heteroatoms. The highest BCUT2D eigenvalue weighted by molar-refractivity contribution is 7.98. The van der Waals surface area contributed by atoms with Crippen LogP contribution in [0.2, 0.25) is 5.02 Å². The zero-order valence-corrected chi connectivity index (χ0v) is 18.6. The van der Waals surface area contributed by atoms with Crippen LogP contribution in [0.15, 0.2) is 42.5 Å². The number of fused-ring (bicyclic) bond motifs is 1. The fourth-order valence-electron chi connectivity index (χ4n) is 3.34. The van der Waals surface area contributed by atoms with Gasteiger partial charge in [-0.25, -0.2) is 9.07 Å². The molecule has 2 aromatic carbocycles. The van der Waals surface area contributed by atoms with Crippen LogP contribution in [0, 0.1) is 15.9 Å². The molecule has 4 rings (SSSR count). The molecule has 2 heterocycles. The molecule has 1 aliphatic rings. The van der Waals surface area contributed by atoms with E-state index >= 15 is 0 Å². The van der Waals surface area contributed by atoms with Crippen molar-refractivity contribution in [1.29, 1.82) is 0 Å². The van der Waals surface area contributed by atoms with Gasteiger partial charge in [-0.3, -0.25) is 19.7 Å². The van der Waals surface area contributed by atoms with Gasteiger partial charge in [0.25, 0.3) is 11.6 Å². The van der Waals surface area contributed by atoms with E-state index in [4.69, 9.17) is 11.6 Å². The summed E-state index contributed by atoms with van der Waals surface area (Å²) in [6.07, 6.45) is 0. The minimum atomic E-state index is -0.725. The van der Waals surface area contributed by atoms with Gasteiger partial charge in [0.2, 0.25) is 5.91 Å². The summed E-state index contributed by atoms with van der Waals surface area (Å²) in [6, 6.07) is 9.47. The predicted molar refractivity (Wildman–Crippen MR) is 122 cm³/mol. The number of hydrogen-bond acceptors (Lipinski definition) is 6. The molecule has 0 spiro atoms. The third-order valence-electron chi connectivity index (χ3n) is 4.95. The van der Waals surface area contributed by atoms with E-state index in [1.54, 1.807) is 23.9 Å². The van der Waals surface area contributed by atoms with Crippen molar-refractivity contribution in [2.75, 3.05) is 5.32 Å². The molecule has 2 N–H and O–H groups in total. The van der Waals surface area contributed by atoms with Crippen molar-refractivity contribution in [2.45, 2.75) is 24.6 Å². The number of aromatic nitrogens is 2. The van der Waals surface area contributed by atoms with Gasteiger partial charge >= 0.3 is 0 Å². The van der Waals surface area contributed by atoms with Gasteiger partial charge in [0, 0.05) is 34.7 Å². The second-order valence-corrected chi connectivity index (χ2v) is 8.62. The normalized spacial score (nSPS) is 12.3. The number of nitrogens with one attached hydrogen (secondary N) is 2. The van der Waals surface area contributed by atoms with Crippen molar-refractivity contribution in [2.24, 2.45) is 0 Å². The van der Waals surface area contributed by atoms with Crippen LogP contribution in [0.1, 0.15) is 27.2 Å². The molecule has 1 aromatic heterocycles. The van der Waals surface area contributed by atoms with Gasteiger partial charge in [-0.2, -0.15) is 16.9 Å². The fourth-order valence-corrected chi connectivity index (χ4v) is 4.55. The summed E-state index contributed by atoms with van der Waals surface area (Å²) in [5, 5.41) is 21.4. The van der Waals surface area contributed by atoms with Crippen molar-refractivity contribution < 1.29 is 18.9 Å². The molecule has 0 fully saturated rings. The second kappa shape index (κ2) is 9.59. The van der Waals surface area contributed by atoms with Crippen LogP contribution in [-0.4, -0.2) is 26.5 Å². The molecule has 3 aromatic rings. The highest BCUT2D eigenvalue weighted by Crippen LogP contribution is 2.35. The zero-order chi connectivity index (χ0) is 23.5. The highest BCUT2D eigenvalue weighted by Gasteiger charge is 2.27. The van der Waals surface area contributed by atoms with Crippen molar-refractivity contribution in [3.8, 4) is 0 Å². The van der Waals surface area contributed by atoms with Crippen LogP contribution >= 0.6 is 23.4 Å². The Hall–Kier alpha value is -3.44. The van der Waals surface area contributed by atoms with E-state index in [0.29, 0.717) is 17.3 Å². The Labute approximate surface area is 196 Å². The lowest BCUT2D eigenvalue weighted by Crippen LogP contribution is -2.29. The molecule has 0 atom stereocenters. The van der Waals surface area contributed by atoms with E-state index in [1.807, 2.05) is 0 Å². The number of rotatable bonds is 7. The van der Waals surface area contributed by atoms with Crippen LogP contribution in [0.5, 0.6) is 0 Å². The van der Waals surface area contributed by atoms with E-state index in [-0.39, 0.29) is 41.1 Å². The Bertz CT molecular complexity index is 1250. The van der Waals surface area contributed by atoms with E-state index in [2.05, 4.69) is 15.7 Å². The van der Waals surface area contributed by atoms with Crippen LogP contribution in [0.4, 0.5) is 15.9 Å². The predicted octanol–water partition coefficient (Wildman–Crippen LogP) is 3.90. The number of carbonyl (C=O) groups excluding carboxylic acids is 2. The van der Waals surface area contributed by atoms with E-state index in [0.717, 1.165) is 22.9 Å². The van der Waals surface area contributed by atoms with E-state index < -0.39 is 10.8 Å². The molecule has 0 radical (unpaired) electrons. The average Bonchev–Trinajstić information content (AvgIpc) is 3.35. The van der Waals surface area contributed by atoms with Gasteiger partial charge in [-0.05, 0) is 29.8 Å². The Balaban J connectivity index is 1.53. The number of nitro benzene ring substituents is 1. The number of hydrogen-bond donors (Lipinski definition) is 2. The molecule has 1 aliphatic heterocycles. The Morgan fingerprint density at radius 3 is 2.70 bits per heavy atom. The monoisotopic (exact) mass is 489 g/mol. The van der Waals surface area contributed by atoms with Gasteiger partial charge in [0.1, 0.15) is 23.7 Å². The fraction of sp³-hybridized carbons (Fsp3) is 0.190. The number of halogens is 2. The van der Waals surface area contributed by atoms with Crippen LogP contribution in [0.25, 0.3) is 0 Å². The largest absolute Gasteiger partial charge is 0.350 e. The standard InChI is InChI=1S/C21H17ClFN5O4S/c22-13-3-6-18(28(31)32)15(7-13)21(30)25-20-16-10-33-11-17(16)26-27(20)9-19(29)24-8-12-1-4-14(23)5-2-12/h1-7H,8-11H2,(H,24,29)(H,25,30). The van der Waals surface area contributed by atoms with Gasteiger partial charge in [0.05, 0.1) is 10.6 Å². The first-order valence-electron chi connectivity index (χ1n) is 9.74. The van der Waals surface area contributed by atoms with Crippen molar-refractivity contribution in [1.82, 2.24) is 15.1 Å². The molecule has 2 amide bonds. The second-order valence-electron chi connectivity index (χ2n) is 7.20. The summed E-state index contributed by atoms with van der Waals surface area (Å²) >= 11 is 7.54. The minimum Gasteiger partial charge on any atom is -0.350 e. The summed E-state index contributed by atoms with van der Waals surface area (Å²) in [7, 11) is 0. The summed E-state index contributed by atoms with van der Waals surface area (Å²) in [4.78, 5) is 36.1. The van der Waals surface area contributed by atoms with Gasteiger partial charge < -0.3 is 10.6 Å². The number of carbonyl (C=O) groups is 2. The van der Waals surface area contributed by atoms with Gasteiger partial charge in [-0.15, -0.1) is 0 Å². The molecule has 9 nitrogen and oxygen atoms in total. The maximum atomic E-state index is 13.0. The lowest BCUT2D eigenvalue weighted by atomic mass is 10.1. The molecule has 33 heavy (non-hydrogen) atoms. The van der Waals surface area contributed by atoms with Crippen molar-refractivity contribution in [3.63, 3.8) is 0 Å². The molecule has 0 saturated heterocycles. The van der Waals surface area contributed by atoms with Crippen LogP contribution in [0.3, 0.4) is 0 Å². The summed E-state index contributed by atoms with van der Waals surface area (Å²) < 4.78 is 14.4. The topological polar surface area (TPSA) is 119 Å². The molecule has 170 valence electrons. The van der Waals surface area contributed by atoms with Crippen LogP contribution < -0.4 is 10.6 Å². The molecule has 0 unspecified atom stereocenters. The third-order valence-corrected chi connectivity index (χ3v) is 6.15. The van der Waals surface area contributed by atoms with Crippen LogP contribution in [-0.2, 0) is 29.4 Å². The lowest BCUT2D eigenvalue weighted by Gasteiger charge is -2.12. The number of nitro groups is 1. The summed E-state index contributed by atoms with van der Waals surface area (Å²) in [6.45, 7) is 0.0263. The summed E-state index contributed by atoms with van der Waals surface area (Å²) in [5.41, 5.74) is 1.66. The third kappa shape index (κ3) is 5.15. The molecular weight excluding hydrogens is 473 g/mol. The van der Waals surface area contributed by atoms with Gasteiger partial charge in [-0.1, -0.05) is 23.7 Å². The first-order chi connectivity index (χ1) is 15.8. The van der Waals surface area contributed by atoms with Crippen molar-refractivity contribution in [3.05, 3.63) is 85.8 Å². The minimum absolute atomic E-state index is 0.174. The Kier molecular flexibility index (Phi) is 6.61. The number of anilines is 1. The smallest absolute Gasteiger partial charge is 0.282 e. The Morgan fingerprint density at radius 1 is 1.21 bits per heavy atom. The number of thioether (sulfide) groups is 1. The number of amides is 2. The Morgan fingerprint density at radius 2 is 1.97 bits per heavy atom. The maximum absolute atomic E-state index is 13.0. The zero-order valence-electron chi connectivity index (χ0n) is 17.0. The lowest BCUT2D eigenvalue weighted by molar-refractivity contribution is -0.385.